The summed E-state index contributed by atoms with van der Waals surface area (Å²) in [4.78, 5) is 24.2. The topological polar surface area (TPSA) is 46.2 Å². The molecule has 5 heteroatoms. The van der Waals surface area contributed by atoms with Gasteiger partial charge in [-0.3, -0.25) is 9.59 Å². The van der Waals surface area contributed by atoms with Crippen LogP contribution in [0, 0.1) is 5.82 Å². The molecule has 0 atom stereocenters. The molecule has 0 saturated carbocycles. The summed E-state index contributed by atoms with van der Waals surface area (Å²) in [6.07, 6.45) is 0. The maximum absolute atomic E-state index is 14.1. The van der Waals surface area contributed by atoms with Crippen LogP contribution in [0.15, 0.2) is 41.3 Å². The van der Waals surface area contributed by atoms with Crippen LogP contribution in [0.25, 0.3) is 0 Å². The van der Waals surface area contributed by atoms with E-state index < -0.39 is 5.82 Å². The standard InChI is InChI=1S/C22H26FNO2S/c1-13(2)17-7-6-8-18(14(3)4)22(17)24-21(26)12-27-20-10-9-16(15(5)25)11-19(20)23/h6-11,13-14H,12H2,1-5H3,(H,24,26). The zero-order chi connectivity index (χ0) is 20.1. The molecule has 0 bridgehead atoms. The first-order chi connectivity index (χ1) is 12.7. The summed E-state index contributed by atoms with van der Waals surface area (Å²) in [5, 5.41) is 3.02. The number of carbonyl (C=O) groups excluding carboxylic acids is 2. The number of hydrogen-bond acceptors (Lipinski definition) is 3. The van der Waals surface area contributed by atoms with Crippen molar-refractivity contribution < 1.29 is 14.0 Å². The van der Waals surface area contributed by atoms with Gasteiger partial charge in [0, 0.05) is 16.1 Å². The number of para-hydroxylation sites is 1. The van der Waals surface area contributed by atoms with Crippen molar-refractivity contribution in [3.05, 3.63) is 58.9 Å². The monoisotopic (exact) mass is 387 g/mol. The van der Waals surface area contributed by atoms with Crippen molar-refractivity contribution in [2.45, 2.75) is 51.3 Å². The second kappa shape index (κ2) is 9.18. The van der Waals surface area contributed by atoms with Crippen molar-refractivity contribution >= 4 is 29.1 Å². The van der Waals surface area contributed by atoms with E-state index in [0.717, 1.165) is 28.6 Å². The second-order valence-electron chi connectivity index (χ2n) is 7.16. The average molecular weight is 388 g/mol. The van der Waals surface area contributed by atoms with Crippen LogP contribution in [-0.2, 0) is 4.79 Å². The van der Waals surface area contributed by atoms with Gasteiger partial charge in [-0.15, -0.1) is 11.8 Å². The molecule has 0 fully saturated rings. The smallest absolute Gasteiger partial charge is 0.234 e. The molecule has 0 aromatic heterocycles. The molecule has 144 valence electrons. The molecule has 27 heavy (non-hydrogen) atoms. The number of carbonyl (C=O) groups is 2. The van der Waals surface area contributed by atoms with Gasteiger partial charge in [-0.1, -0.05) is 52.0 Å². The summed E-state index contributed by atoms with van der Waals surface area (Å²) in [6.45, 7) is 9.77. The van der Waals surface area contributed by atoms with Crippen molar-refractivity contribution in [1.29, 1.82) is 0 Å². The molecule has 2 aromatic carbocycles. The fourth-order valence-corrected chi connectivity index (χ4v) is 3.57. The molecular weight excluding hydrogens is 361 g/mol. The number of benzene rings is 2. The number of nitrogens with one attached hydrogen (secondary N) is 1. The number of Topliss-reactive ketones (excluding diaryl/α,β-unsaturated/α-hetero) is 1. The Morgan fingerprint density at radius 2 is 1.63 bits per heavy atom. The van der Waals surface area contributed by atoms with E-state index in [1.165, 1.54) is 13.0 Å². The van der Waals surface area contributed by atoms with Gasteiger partial charge in [-0.25, -0.2) is 4.39 Å². The highest BCUT2D eigenvalue weighted by molar-refractivity contribution is 8.00. The molecule has 3 nitrogen and oxygen atoms in total. The van der Waals surface area contributed by atoms with Crippen LogP contribution in [0.1, 0.15) is 67.9 Å². The van der Waals surface area contributed by atoms with Gasteiger partial charge >= 0.3 is 0 Å². The highest BCUT2D eigenvalue weighted by atomic mass is 32.2. The zero-order valence-corrected chi connectivity index (χ0v) is 17.2. The third-order valence-corrected chi connectivity index (χ3v) is 5.38. The molecule has 0 saturated heterocycles. The third kappa shape index (κ3) is 5.42. The van der Waals surface area contributed by atoms with Gasteiger partial charge in [-0.05, 0) is 42.0 Å². The number of halogens is 1. The van der Waals surface area contributed by atoms with Gasteiger partial charge < -0.3 is 5.32 Å². The molecule has 2 rings (SSSR count). The maximum atomic E-state index is 14.1. The Morgan fingerprint density at radius 3 is 2.11 bits per heavy atom. The summed E-state index contributed by atoms with van der Waals surface area (Å²) in [6, 6.07) is 10.4. The minimum absolute atomic E-state index is 0.0975. The van der Waals surface area contributed by atoms with E-state index in [9.17, 15) is 14.0 Å². The first-order valence-electron chi connectivity index (χ1n) is 9.06. The minimum atomic E-state index is -0.481. The average Bonchev–Trinajstić information content (AvgIpc) is 2.60. The number of rotatable bonds is 7. The first-order valence-corrected chi connectivity index (χ1v) is 10.0. The predicted molar refractivity (Wildman–Crippen MR) is 110 cm³/mol. The second-order valence-corrected chi connectivity index (χ2v) is 8.18. The Labute approximate surface area is 164 Å². The highest BCUT2D eigenvalue weighted by Gasteiger charge is 2.16. The maximum Gasteiger partial charge on any atom is 0.234 e. The lowest BCUT2D eigenvalue weighted by molar-refractivity contribution is -0.113. The number of amides is 1. The van der Waals surface area contributed by atoms with Gasteiger partial charge in [0.05, 0.1) is 5.75 Å². The van der Waals surface area contributed by atoms with Crippen LogP contribution in [-0.4, -0.2) is 17.4 Å². The van der Waals surface area contributed by atoms with Crippen molar-refractivity contribution in [2.75, 3.05) is 11.1 Å². The lowest BCUT2D eigenvalue weighted by Crippen LogP contribution is -2.17. The van der Waals surface area contributed by atoms with E-state index in [4.69, 9.17) is 0 Å². The van der Waals surface area contributed by atoms with E-state index in [1.54, 1.807) is 12.1 Å². The summed E-state index contributed by atoms with van der Waals surface area (Å²) >= 11 is 1.12. The number of hydrogen-bond donors (Lipinski definition) is 1. The Bertz CT molecular complexity index is 820. The van der Waals surface area contributed by atoms with E-state index >= 15 is 0 Å². The Morgan fingerprint density at radius 1 is 1.04 bits per heavy atom. The van der Waals surface area contributed by atoms with Gasteiger partial charge in [0.1, 0.15) is 5.82 Å². The number of ketones is 1. The SMILES string of the molecule is CC(=O)c1ccc(SCC(=O)Nc2c(C(C)C)cccc2C(C)C)c(F)c1. The van der Waals surface area contributed by atoms with E-state index in [2.05, 4.69) is 33.0 Å². The summed E-state index contributed by atoms with van der Waals surface area (Å²) in [5.41, 5.74) is 3.38. The van der Waals surface area contributed by atoms with Gasteiger partial charge in [0.2, 0.25) is 5.91 Å². The van der Waals surface area contributed by atoms with Crippen LogP contribution in [0.3, 0.4) is 0 Å². The van der Waals surface area contributed by atoms with Crippen molar-refractivity contribution in [1.82, 2.24) is 0 Å². The Balaban J connectivity index is 2.14. The molecular formula is C22H26FNO2S. The van der Waals surface area contributed by atoms with Crippen LogP contribution in [0.2, 0.25) is 0 Å². The molecule has 0 unspecified atom stereocenters. The van der Waals surface area contributed by atoms with E-state index in [1.807, 2.05) is 18.2 Å². The minimum Gasteiger partial charge on any atom is -0.325 e. The normalized spacial score (nSPS) is 11.1. The van der Waals surface area contributed by atoms with Crippen molar-refractivity contribution in [3.63, 3.8) is 0 Å². The first kappa shape index (κ1) is 21.2. The Kier molecular flexibility index (Phi) is 7.19. The fraction of sp³-hybridized carbons (Fsp3) is 0.364. The van der Waals surface area contributed by atoms with E-state index in [0.29, 0.717) is 10.5 Å². The van der Waals surface area contributed by atoms with Crippen LogP contribution in [0.5, 0.6) is 0 Å². The van der Waals surface area contributed by atoms with Crippen molar-refractivity contribution in [2.24, 2.45) is 0 Å². The number of anilines is 1. The van der Waals surface area contributed by atoms with Gasteiger partial charge in [-0.2, -0.15) is 0 Å². The van der Waals surface area contributed by atoms with Gasteiger partial charge in [0.25, 0.3) is 0 Å². The molecule has 0 radical (unpaired) electrons. The molecule has 1 N–H and O–H groups in total. The van der Waals surface area contributed by atoms with Crippen LogP contribution in [0.4, 0.5) is 10.1 Å². The molecule has 0 aliphatic carbocycles. The quantitative estimate of drug-likeness (QED) is 0.468. The number of thioether (sulfide) groups is 1. The van der Waals surface area contributed by atoms with E-state index in [-0.39, 0.29) is 29.3 Å². The highest BCUT2D eigenvalue weighted by Crippen LogP contribution is 2.32. The lowest BCUT2D eigenvalue weighted by Gasteiger charge is -2.20. The summed E-state index contributed by atoms with van der Waals surface area (Å²) in [7, 11) is 0. The van der Waals surface area contributed by atoms with Crippen LogP contribution >= 0.6 is 11.8 Å². The summed E-state index contributed by atoms with van der Waals surface area (Å²) < 4.78 is 14.1. The predicted octanol–water partition coefficient (Wildman–Crippen LogP) is 6.01. The molecule has 0 aliphatic rings. The molecule has 1 amide bonds. The zero-order valence-electron chi connectivity index (χ0n) is 16.4. The molecule has 2 aromatic rings. The molecule has 0 heterocycles. The molecule has 0 aliphatic heterocycles. The van der Waals surface area contributed by atoms with Gasteiger partial charge in [0.15, 0.2) is 5.78 Å². The van der Waals surface area contributed by atoms with Crippen LogP contribution < -0.4 is 5.32 Å². The summed E-state index contributed by atoms with van der Waals surface area (Å²) in [5.74, 6) is -0.183. The fourth-order valence-electron chi connectivity index (χ4n) is 2.85. The lowest BCUT2D eigenvalue weighted by atomic mass is 9.92. The molecule has 0 spiro atoms. The third-order valence-electron chi connectivity index (χ3n) is 4.33. The Hall–Kier alpha value is -2.14. The largest absolute Gasteiger partial charge is 0.325 e. The van der Waals surface area contributed by atoms with Crippen molar-refractivity contribution in [3.8, 4) is 0 Å².